The van der Waals surface area contributed by atoms with Crippen molar-refractivity contribution in [3.63, 3.8) is 0 Å². The van der Waals surface area contributed by atoms with E-state index in [9.17, 15) is 4.79 Å². The van der Waals surface area contributed by atoms with Crippen molar-refractivity contribution < 1.29 is 40.9 Å². The van der Waals surface area contributed by atoms with Crippen molar-refractivity contribution in [2.24, 2.45) is 0 Å². The molecular weight excluding hydrogens is 321 g/mol. The van der Waals surface area contributed by atoms with E-state index in [2.05, 4.69) is 12.2 Å². The van der Waals surface area contributed by atoms with E-state index in [-0.39, 0.29) is 31.0 Å². The fraction of sp³-hybridized carbons (Fsp3) is 0.952. The second-order valence-corrected chi connectivity index (χ2v) is 7.32. The molecule has 1 unspecified atom stereocenters. The van der Waals surface area contributed by atoms with Gasteiger partial charge in [0.1, 0.15) is 6.04 Å². The molecular formula is C21H44NNaO2. The van der Waals surface area contributed by atoms with E-state index in [0.717, 1.165) is 13.0 Å². The number of rotatable bonds is 19. The van der Waals surface area contributed by atoms with Crippen LogP contribution in [-0.2, 0) is 4.79 Å². The Morgan fingerprint density at radius 2 is 1.08 bits per heavy atom. The molecule has 0 aliphatic heterocycles. The molecule has 3 nitrogen and oxygen atoms in total. The molecule has 0 aromatic heterocycles. The van der Waals surface area contributed by atoms with Gasteiger partial charge in [0.05, 0.1) is 0 Å². The van der Waals surface area contributed by atoms with Crippen LogP contribution in [-0.4, -0.2) is 23.7 Å². The van der Waals surface area contributed by atoms with Gasteiger partial charge in [-0.3, -0.25) is 4.79 Å². The van der Waals surface area contributed by atoms with Crippen LogP contribution in [0.4, 0.5) is 0 Å². The van der Waals surface area contributed by atoms with Gasteiger partial charge in [-0.15, -0.1) is 0 Å². The van der Waals surface area contributed by atoms with Gasteiger partial charge in [-0.1, -0.05) is 103 Å². The molecule has 0 aromatic carbocycles. The molecule has 0 aliphatic rings. The molecule has 0 radical (unpaired) electrons. The minimum Gasteiger partial charge on any atom is -1.00 e. The summed E-state index contributed by atoms with van der Waals surface area (Å²) in [4.78, 5) is 10.6. The molecule has 1 atom stereocenters. The van der Waals surface area contributed by atoms with Crippen LogP contribution in [0.25, 0.3) is 0 Å². The summed E-state index contributed by atoms with van der Waals surface area (Å²) in [6.45, 7) is 4.81. The average Bonchev–Trinajstić information content (AvgIpc) is 2.57. The SMILES string of the molecule is CCCCCCCCCCCCCCCCCCNC(C)C(=O)O.[H-].[Na+]. The van der Waals surface area contributed by atoms with Gasteiger partial charge in [0.25, 0.3) is 0 Å². The molecule has 0 rings (SSSR count). The van der Waals surface area contributed by atoms with Crippen LogP contribution in [0, 0.1) is 0 Å². The van der Waals surface area contributed by atoms with Crippen molar-refractivity contribution in [1.82, 2.24) is 5.32 Å². The van der Waals surface area contributed by atoms with Gasteiger partial charge in [-0.2, -0.15) is 0 Å². The van der Waals surface area contributed by atoms with Gasteiger partial charge in [0, 0.05) is 0 Å². The minimum atomic E-state index is -0.758. The van der Waals surface area contributed by atoms with Gasteiger partial charge in [0.15, 0.2) is 0 Å². The Balaban J connectivity index is -0.00000264. The Kier molecular flexibility index (Phi) is 24.9. The zero-order valence-corrected chi connectivity index (χ0v) is 19.5. The number of carbonyl (C=O) groups is 1. The predicted octanol–water partition coefficient (Wildman–Crippen LogP) is 3.43. The third-order valence-corrected chi connectivity index (χ3v) is 4.85. The molecule has 4 heteroatoms. The predicted molar refractivity (Wildman–Crippen MR) is 106 cm³/mol. The molecule has 0 spiro atoms. The van der Waals surface area contributed by atoms with E-state index in [4.69, 9.17) is 5.11 Å². The average molecular weight is 366 g/mol. The summed E-state index contributed by atoms with van der Waals surface area (Å²) in [6, 6.07) is -0.415. The molecule has 0 heterocycles. The van der Waals surface area contributed by atoms with Gasteiger partial charge >= 0.3 is 35.5 Å². The third kappa shape index (κ3) is 22.4. The van der Waals surface area contributed by atoms with Gasteiger partial charge in [0.2, 0.25) is 0 Å². The molecule has 0 fully saturated rings. The van der Waals surface area contributed by atoms with E-state index >= 15 is 0 Å². The van der Waals surface area contributed by atoms with Crippen molar-refractivity contribution in [1.29, 1.82) is 0 Å². The summed E-state index contributed by atoms with van der Waals surface area (Å²) in [5, 5.41) is 11.8. The second kappa shape index (κ2) is 22.5. The summed E-state index contributed by atoms with van der Waals surface area (Å²) >= 11 is 0. The Labute approximate surface area is 180 Å². The van der Waals surface area contributed by atoms with Crippen LogP contribution in [0.3, 0.4) is 0 Å². The number of nitrogens with one attached hydrogen (secondary N) is 1. The first-order valence-electron chi connectivity index (χ1n) is 10.6. The maximum atomic E-state index is 10.6. The molecule has 0 aliphatic carbocycles. The van der Waals surface area contributed by atoms with E-state index in [0.29, 0.717) is 0 Å². The largest absolute Gasteiger partial charge is 1.00 e. The smallest absolute Gasteiger partial charge is 1.00 e. The number of carboxylic acids is 1. The Morgan fingerprint density at radius 3 is 1.40 bits per heavy atom. The van der Waals surface area contributed by atoms with E-state index in [1.807, 2.05) is 0 Å². The van der Waals surface area contributed by atoms with Crippen LogP contribution in [0.5, 0.6) is 0 Å². The topological polar surface area (TPSA) is 49.3 Å². The third-order valence-electron chi connectivity index (χ3n) is 4.85. The summed E-state index contributed by atoms with van der Waals surface area (Å²) in [5.74, 6) is -0.758. The molecule has 0 saturated carbocycles. The second-order valence-electron chi connectivity index (χ2n) is 7.32. The van der Waals surface area contributed by atoms with Crippen molar-refractivity contribution >= 4 is 5.97 Å². The molecule has 146 valence electrons. The summed E-state index contributed by atoms with van der Waals surface area (Å²) < 4.78 is 0. The Morgan fingerprint density at radius 1 is 0.760 bits per heavy atom. The zero-order chi connectivity index (χ0) is 17.9. The van der Waals surface area contributed by atoms with Gasteiger partial charge in [-0.05, 0) is 19.9 Å². The van der Waals surface area contributed by atoms with E-state index in [1.165, 1.54) is 96.3 Å². The van der Waals surface area contributed by atoms with Crippen molar-refractivity contribution in [2.75, 3.05) is 6.54 Å². The Hall–Kier alpha value is 0.430. The van der Waals surface area contributed by atoms with Crippen molar-refractivity contribution in [2.45, 2.75) is 123 Å². The van der Waals surface area contributed by atoms with Crippen LogP contribution in [0.15, 0.2) is 0 Å². The molecule has 0 saturated heterocycles. The maximum absolute atomic E-state index is 10.6. The van der Waals surface area contributed by atoms with Crippen molar-refractivity contribution in [3.8, 4) is 0 Å². The molecule has 0 bridgehead atoms. The minimum absolute atomic E-state index is 0. The Bertz CT molecular complexity index is 281. The quantitative estimate of drug-likeness (QED) is 0.272. The fourth-order valence-corrected chi connectivity index (χ4v) is 3.08. The first kappa shape index (κ1) is 27.6. The number of unbranched alkanes of at least 4 members (excludes halogenated alkanes) is 15. The first-order chi connectivity index (χ1) is 11.7. The van der Waals surface area contributed by atoms with Crippen LogP contribution >= 0.6 is 0 Å². The number of hydrogen-bond acceptors (Lipinski definition) is 2. The first-order valence-corrected chi connectivity index (χ1v) is 10.6. The molecule has 0 amide bonds. The number of carboxylic acid groups (broad SMARTS) is 1. The zero-order valence-electron chi connectivity index (χ0n) is 18.5. The number of aliphatic carboxylic acids is 1. The molecule has 25 heavy (non-hydrogen) atoms. The summed E-state index contributed by atoms with van der Waals surface area (Å²) in [6.07, 6.45) is 21.9. The number of hydrogen-bond donors (Lipinski definition) is 2. The normalized spacial score (nSPS) is 11.9. The monoisotopic (exact) mass is 365 g/mol. The summed E-state index contributed by atoms with van der Waals surface area (Å²) in [7, 11) is 0. The fourth-order valence-electron chi connectivity index (χ4n) is 3.08. The molecule has 0 aromatic rings. The van der Waals surface area contributed by atoms with E-state index < -0.39 is 12.0 Å². The van der Waals surface area contributed by atoms with Gasteiger partial charge < -0.3 is 11.8 Å². The van der Waals surface area contributed by atoms with Crippen molar-refractivity contribution in [3.05, 3.63) is 0 Å². The van der Waals surface area contributed by atoms with Crippen LogP contribution in [0.1, 0.15) is 118 Å². The van der Waals surface area contributed by atoms with E-state index in [1.54, 1.807) is 6.92 Å². The molecule has 2 N–H and O–H groups in total. The standard InChI is InChI=1S/C21H43NO2.Na.H/c1-3-4-5-6-7-8-9-10-11-12-13-14-15-16-17-18-19-22-20(2)21(23)24;;/h20,22H,3-19H2,1-2H3,(H,23,24);;/q;+1;-1. The summed E-state index contributed by atoms with van der Waals surface area (Å²) in [5.41, 5.74) is 0. The van der Waals surface area contributed by atoms with Gasteiger partial charge in [-0.25, -0.2) is 0 Å². The van der Waals surface area contributed by atoms with Crippen LogP contribution < -0.4 is 34.9 Å². The maximum Gasteiger partial charge on any atom is 1.00 e. The van der Waals surface area contributed by atoms with Crippen LogP contribution in [0.2, 0.25) is 0 Å².